The molecule has 232 valence electrons. The van der Waals surface area contributed by atoms with E-state index in [2.05, 4.69) is 0 Å². The van der Waals surface area contributed by atoms with Gasteiger partial charge in [-0.2, -0.15) is 13.2 Å². The number of nitrogens with zero attached hydrogens (tertiary/aromatic N) is 3. The molecule has 0 N–H and O–H groups in total. The molecule has 0 radical (unpaired) electrons. The van der Waals surface area contributed by atoms with Crippen LogP contribution in [0.3, 0.4) is 0 Å². The number of carbonyl (C=O) groups excluding carboxylic acids is 2. The predicted molar refractivity (Wildman–Crippen MR) is 146 cm³/mol. The van der Waals surface area contributed by atoms with Crippen LogP contribution in [-0.4, -0.2) is 77.9 Å². The summed E-state index contributed by atoms with van der Waals surface area (Å²) in [5, 5.41) is 0. The van der Waals surface area contributed by atoms with Gasteiger partial charge in [0, 0.05) is 38.3 Å². The maximum Gasteiger partial charge on any atom is 0.416 e. The normalized spacial score (nSPS) is 17.0. The highest BCUT2D eigenvalue weighted by atomic mass is 32.2. The minimum atomic E-state index is -4.86. The van der Waals surface area contributed by atoms with Crippen molar-refractivity contribution in [3.63, 3.8) is 0 Å². The Kier molecular flexibility index (Phi) is 9.88. The number of hydrogen-bond donors (Lipinski definition) is 0. The van der Waals surface area contributed by atoms with Crippen molar-refractivity contribution in [2.75, 3.05) is 46.9 Å². The minimum Gasteiger partial charge on any atom is -0.493 e. The molecule has 1 aliphatic rings. The third-order valence-corrected chi connectivity index (χ3v) is 8.62. The van der Waals surface area contributed by atoms with Crippen LogP contribution in [0, 0.1) is 0 Å². The van der Waals surface area contributed by atoms with Gasteiger partial charge in [0.05, 0.1) is 50.1 Å². The van der Waals surface area contributed by atoms with Crippen LogP contribution < -0.4 is 14.4 Å². The lowest BCUT2D eigenvalue weighted by Gasteiger charge is -2.42. The Morgan fingerprint density at radius 3 is 2.17 bits per heavy atom. The van der Waals surface area contributed by atoms with E-state index in [1.54, 1.807) is 26.0 Å². The second-order valence-electron chi connectivity index (χ2n) is 9.68. The van der Waals surface area contributed by atoms with Crippen LogP contribution in [-0.2, 0) is 32.2 Å². The van der Waals surface area contributed by atoms with Crippen molar-refractivity contribution in [2.45, 2.75) is 50.0 Å². The van der Waals surface area contributed by atoms with Gasteiger partial charge in [-0.3, -0.25) is 9.80 Å². The molecule has 3 rings (SSSR count). The van der Waals surface area contributed by atoms with Crippen molar-refractivity contribution < 1.29 is 50.1 Å². The lowest BCUT2D eigenvalue weighted by molar-refractivity contribution is -0.137. The smallest absolute Gasteiger partial charge is 0.416 e. The van der Waals surface area contributed by atoms with E-state index in [0.29, 0.717) is 23.1 Å². The number of halogens is 3. The van der Waals surface area contributed by atoms with Gasteiger partial charge in [-0.1, -0.05) is 0 Å². The Hall–Kier alpha value is -3.72. The molecule has 1 aliphatic heterocycles. The molecule has 15 heteroatoms. The van der Waals surface area contributed by atoms with E-state index in [0.717, 1.165) is 23.5 Å². The number of carbonyl (C=O) groups is 2. The predicted octanol–water partition coefficient (Wildman–Crippen LogP) is 5.04. The van der Waals surface area contributed by atoms with E-state index in [9.17, 15) is 31.2 Å². The fourth-order valence-corrected chi connectivity index (χ4v) is 5.81. The van der Waals surface area contributed by atoms with Gasteiger partial charge in [-0.25, -0.2) is 22.3 Å². The van der Waals surface area contributed by atoms with Crippen molar-refractivity contribution in [1.29, 1.82) is 0 Å². The molecular formula is C27H34F3N3O8S. The molecule has 42 heavy (non-hydrogen) atoms. The lowest BCUT2D eigenvalue weighted by Crippen LogP contribution is -2.47. The first-order valence-electron chi connectivity index (χ1n) is 12.8. The molecule has 2 atom stereocenters. The van der Waals surface area contributed by atoms with Gasteiger partial charge in [-0.15, -0.1) is 0 Å². The molecule has 2 aromatic rings. The molecule has 2 amide bonds. The summed E-state index contributed by atoms with van der Waals surface area (Å²) in [5.74, 6) is 0.572. The summed E-state index contributed by atoms with van der Waals surface area (Å²) in [6, 6.07) is 4.17. The van der Waals surface area contributed by atoms with Crippen LogP contribution in [0.25, 0.3) is 0 Å². The quantitative estimate of drug-likeness (QED) is 0.405. The number of rotatable bonds is 8. The van der Waals surface area contributed by atoms with Crippen LogP contribution in [0.5, 0.6) is 11.5 Å². The summed E-state index contributed by atoms with van der Waals surface area (Å²) in [5.41, 5.74) is -0.540. The van der Waals surface area contributed by atoms with E-state index in [1.165, 1.54) is 38.1 Å². The van der Waals surface area contributed by atoms with Crippen LogP contribution in [0.1, 0.15) is 43.0 Å². The third-order valence-electron chi connectivity index (χ3n) is 6.83. The average molecular weight is 618 g/mol. The molecule has 0 fully saturated rings. The van der Waals surface area contributed by atoms with Gasteiger partial charge in [0.25, 0.3) is 0 Å². The summed E-state index contributed by atoms with van der Waals surface area (Å²) >= 11 is 0. The standard InChI is InChI=1S/C27H34F3N3O8S/c1-8-41-26(35)33-16(2)9-21(20-13-23(38-5)24(39-6)14-22(20)33)32(25(34)40-7)15-17-10-18(27(28,29)30)12-19(11-17)42(36,37)31(3)4/h10-14,16,21H,8-9,15H2,1-7H3/t16-,21+/m0/s1. The minimum absolute atomic E-state index is 0.0989. The van der Waals surface area contributed by atoms with Gasteiger partial charge in [0.1, 0.15) is 0 Å². The van der Waals surface area contributed by atoms with Gasteiger partial charge in [-0.05, 0) is 50.1 Å². The summed E-state index contributed by atoms with van der Waals surface area (Å²) in [6.07, 6.45) is -6.25. The van der Waals surface area contributed by atoms with Crippen molar-refractivity contribution >= 4 is 27.9 Å². The SMILES string of the molecule is CCOC(=O)N1c2cc(OC)c(OC)cc2[C@H](N(Cc2cc(C(F)(F)F)cc(S(=O)(=O)N(C)C)c2)C(=O)OC)C[C@@H]1C. The van der Waals surface area contributed by atoms with Crippen molar-refractivity contribution in [3.8, 4) is 11.5 Å². The summed E-state index contributed by atoms with van der Waals surface area (Å²) in [6.45, 7) is 3.04. The highest BCUT2D eigenvalue weighted by Gasteiger charge is 2.41. The number of anilines is 1. The van der Waals surface area contributed by atoms with Gasteiger partial charge in [0.2, 0.25) is 10.0 Å². The van der Waals surface area contributed by atoms with E-state index >= 15 is 0 Å². The zero-order valence-corrected chi connectivity index (χ0v) is 25.1. The number of fused-ring (bicyclic) bond motifs is 1. The highest BCUT2D eigenvalue weighted by Crippen LogP contribution is 2.46. The number of sulfonamides is 1. The van der Waals surface area contributed by atoms with Crippen LogP contribution in [0.4, 0.5) is 28.4 Å². The Morgan fingerprint density at radius 2 is 1.64 bits per heavy atom. The topological polar surface area (TPSA) is 115 Å². The van der Waals surface area contributed by atoms with Gasteiger partial charge in [0.15, 0.2) is 11.5 Å². The number of methoxy groups -OCH3 is 3. The molecule has 1 heterocycles. The maximum absolute atomic E-state index is 13.8. The van der Waals surface area contributed by atoms with Crippen molar-refractivity contribution in [1.82, 2.24) is 9.21 Å². The van der Waals surface area contributed by atoms with Crippen LogP contribution in [0.2, 0.25) is 0 Å². The molecule has 11 nitrogen and oxygen atoms in total. The monoisotopic (exact) mass is 617 g/mol. The summed E-state index contributed by atoms with van der Waals surface area (Å²) < 4.78 is 89.1. The fraction of sp³-hybridized carbons (Fsp3) is 0.481. The number of amides is 2. The second-order valence-corrected chi connectivity index (χ2v) is 11.8. The summed E-state index contributed by atoms with van der Waals surface area (Å²) in [4.78, 5) is 28.2. The number of alkyl halides is 3. The molecule has 0 saturated carbocycles. The van der Waals surface area contributed by atoms with Crippen molar-refractivity contribution in [2.24, 2.45) is 0 Å². The van der Waals surface area contributed by atoms with E-state index in [1.807, 2.05) is 0 Å². The molecule has 0 aliphatic carbocycles. The second kappa shape index (κ2) is 12.7. The molecule has 0 bridgehead atoms. The first-order chi connectivity index (χ1) is 19.6. The average Bonchev–Trinajstić information content (AvgIpc) is 2.93. The first-order valence-corrected chi connectivity index (χ1v) is 14.2. The Morgan fingerprint density at radius 1 is 1.02 bits per heavy atom. The van der Waals surface area contributed by atoms with Crippen LogP contribution >= 0.6 is 0 Å². The van der Waals surface area contributed by atoms with Gasteiger partial charge >= 0.3 is 18.4 Å². The molecule has 0 aromatic heterocycles. The maximum atomic E-state index is 13.8. The number of benzene rings is 2. The van der Waals surface area contributed by atoms with E-state index in [-0.39, 0.29) is 24.3 Å². The Balaban J connectivity index is 2.23. The van der Waals surface area contributed by atoms with E-state index < -0.39 is 57.5 Å². The zero-order valence-electron chi connectivity index (χ0n) is 24.3. The highest BCUT2D eigenvalue weighted by molar-refractivity contribution is 7.89. The number of hydrogen-bond acceptors (Lipinski definition) is 8. The molecular weight excluding hydrogens is 583 g/mol. The van der Waals surface area contributed by atoms with Crippen molar-refractivity contribution in [3.05, 3.63) is 47.0 Å². The van der Waals surface area contributed by atoms with E-state index in [4.69, 9.17) is 18.9 Å². The first kappa shape index (κ1) is 32.8. The lowest BCUT2D eigenvalue weighted by atomic mass is 9.90. The number of ether oxygens (including phenoxy) is 4. The molecule has 0 unspecified atom stereocenters. The Bertz CT molecular complexity index is 1430. The van der Waals surface area contributed by atoms with Crippen LogP contribution in [0.15, 0.2) is 35.2 Å². The summed E-state index contributed by atoms with van der Waals surface area (Å²) in [7, 11) is 2.09. The third kappa shape index (κ3) is 6.51. The zero-order chi connectivity index (χ0) is 31.6. The largest absolute Gasteiger partial charge is 0.493 e. The Labute approximate surface area is 242 Å². The molecule has 2 aromatic carbocycles. The molecule has 0 saturated heterocycles. The molecule has 0 spiro atoms. The van der Waals surface area contributed by atoms with Gasteiger partial charge < -0.3 is 18.9 Å². The fourth-order valence-electron chi connectivity index (χ4n) is 4.81.